The highest BCUT2D eigenvalue weighted by atomic mass is 32.2. The molecule has 1 aromatic rings. The monoisotopic (exact) mass is 289 g/mol. The maximum Gasteiger partial charge on any atom is 0.304 e. The summed E-state index contributed by atoms with van der Waals surface area (Å²) in [6.45, 7) is 5.43. The average molecular weight is 289 g/mol. The molecule has 0 saturated carbocycles. The Morgan fingerprint density at radius 2 is 2.06 bits per heavy atom. The van der Waals surface area contributed by atoms with Crippen LogP contribution in [0.4, 0.5) is 5.13 Å². The van der Waals surface area contributed by atoms with Crippen LogP contribution in [0.15, 0.2) is 4.34 Å². The van der Waals surface area contributed by atoms with Gasteiger partial charge in [0.2, 0.25) is 11.0 Å². The van der Waals surface area contributed by atoms with Crippen molar-refractivity contribution in [2.45, 2.75) is 31.5 Å². The molecule has 2 N–H and O–H groups in total. The molecule has 0 atom stereocenters. The number of thioether (sulfide) groups is 1. The van der Waals surface area contributed by atoms with Gasteiger partial charge >= 0.3 is 5.97 Å². The molecule has 8 heteroatoms. The van der Waals surface area contributed by atoms with Gasteiger partial charge in [0.15, 0.2) is 4.34 Å². The maximum absolute atomic E-state index is 11.7. The van der Waals surface area contributed by atoms with Crippen molar-refractivity contribution in [1.82, 2.24) is 10.2 Å². The van der Waals surface area contributed by atoms with Gasteiger partial charge in [-0.3, -0.25) is 9.59 Å². The van der Waals surface area contributed by atoms with E-state index >= 15 is 0 Å². The van der Waals surface area contributed by atoms with Crippen molar-refractivity contribution in [2.75, 3.05) is 11.1 Å². The van der Waals surface area contributed by atoms with E-state index in [0.29, 0.717) is 15.2 Å². The predicted octanol–water partition coefficient (Wildman–Crippen LogP) is 2.09. The standard InChI is InChI=1S/C10H15N3O3S2/c1-10(2,3)7(16)11-8-12-13-9(18-8)17-5-4-6(14)15/h4-5H2,1-3H3,(H,14,15)(H,11,12,16). The van der Waals surface area contributed by atoms with Crippen LogP contribution >= 0.6 is 23.1 Å². The topological polar surface area (TPSA) is 92.2 Å². The highest BCUT2D eigenvalue weighted by molar-refractivity contribution is 8.01. The molecule has 1 heterocycles. The number of nitrogens with zero attached hydrogens (tertiary/aromatic N) is 2. The SMILES string of the molecule is CC(C)(C)C(=O)Nc1nnc(SCCC(=O)O)s1. The van der Waals surface area contributed by atoms with Gasteiger partial charge < -0.3 is 10.4 Å². The number of hydrogen-bond acceptors (Lipinski definition) is 6. The first-order valence-corrected chi connectivity index (χ1v) is 7.09. The molecule has 6 nitrogen and oxygen atoms in total. The largest absolute Gasteiger partial charge is 0.481 e. The van der Waals surface area contributed by atoms with E-state index in [2.05, 4.69) is 15.5 Å². The Hall–Kier alpha value is -1.15. The molecular formula is C10H15N3O3S2. The maximum atomic E-state index is 11.7. The summed E-state index contributed by atoms with van der Waals surface area (Å²) in [7, 11) is 0. The predicted molar refractivity (Wildman–Crippen MR) is 71.0 cm³/mol. The van der Waals surface area contributed by atoms with Gasteiger partial charge in [-0.2, -0.15) is 0 Å². The van der Waals surface area contributed by atoms with E-state index in [1.807, 2.05) is 20.8 Å². The summed E-state index contributed by atoms with van der Waals surface area (Å²) in [4.78, 5) is 22.0. The summed E-state index contributed by atoms with van der Waals surface area (Å²) < 4.78 is 0.653. The van der Waals surface area contributed by atoms with Gasteiger partial charge in [-0.15, -0.1) is 10.2 Å². The van der Waals surface area contributed by atoms with Crippen LogP contribution in [-0.2, 0) is 9.59 Å². The second-order valence-corrected chi connectivity index (χ2v) is 6.89. The molecule has 1 aromatic heterocycles. The van der Waals surface area contributed by atoms with Gasteiger partial charge in [0.25, 0.3) is 0 Å². The first kappa shape index (κ1) is 14.9. The van der Waals surface area contributed by atoms with Crippen LogP contribution < -0.4 is 5.32 Å². The number of carbonyl (C=O) groups is 2. The van der Waals surface area contributed by atoms with Crippen molar-refractivity contribution >= 4 is 40.1 Å². The van der Waals surface area contributed by atoms with Crippen molar-refractivity contribution in [3.8, 4) is 0 Å². The van der Waals surface area contributed by atoms with Gasteiger partial charge in [0.1, 0.15) is 0 Å². The van der Waals surface area contributed by atoms with Crippen molar-refractivity contribution < 1.29 is 14.7 Å². The van der Waals surface area contributed by atoms with Crippen molar-refractivity contribution in [2.24, 2.45) is 5.41 Å². The summed E-state index contributed by atoms with van der Waals surface area (Å²) in [6, 6.07) is 0. The van der Waals surface area contributed by atoms with E-state index in [-0.39, 0.29) is 12.3 Å². The van der Waals surface area contributed by atoms with Crippen molar-refractivity contribution in [1.29, 1.82) is 0 Å². The zero-order valence-electron chi connectivity index (χ0n) is 10.4. The highest BCUT2D eigenvalue weighted by Crippen LogP contribution is 2.27. The zero-order chi connectivity index (χ0) is 13.8. The fraction of sp³-hybridized carbons (Fsp3) is 0.600. The lowest BCUT2D eigenvalue weighted by molar-refractivity contribution is -0.136. The van der Waals surface area contributed by atoms with Gasteiger partial charge in [0.05, 0.1) is 6.42 Å². The van der Waals surface area contributed by atoms with E-state index < -0.39 is 11.4 Å². The molecule has 0 unspecified atom stereocenters. The van der Waals surface area contributed by atoms with E-state index in [9.17, 15) is 9.59 Å². The normalized spacial score (nSPS) is 11.3. The van der Waals surface area contributed by atoms with Crippen LogP contribution in [0.1, 0.15) is 27.2 Å². The van der Waals surface area contributed by atoms with Gasteiger partial charge in [-0.25, -0.2) is 0 Å². The van der Waals surface area contributed by atoms with E-state index in [0.717, 1.165) is 0 Å². The van der Waals surface area contributed by atoms with Crippen molar-refractivity contribution in [3.63, 3.8) is 0 Å². The molecule has 0 bridgehead atoms. The number of aromatic nitrogens is 2. The van der Waals surface area contributed by atoms with Gasteiger partial charge in [-0.05, 0) is 0 Å². The molecule has 0 aliphatic heterocycles. The lowest BCUT2D eigenvalue weighted by Gasteiger charge is -2.15. The second kappa shape index (κ2) is 6.14. The minimum atomic E-state index is -0.840. The molecule has 1 amide bonds. The molecule has 0 radical (unpaired) electrons. The number of carbonyl (C=O) groups excluding carboxylic acids is 1. The van der Waals surface area contributed by atoms with Crippen LogP contribution in [0.2, 0.25) is 0 Å². The Labute approximate surface area is 113 Å². The molecular weight excluding hydrogens is 274 g/mol. The number of anilines is 1. The second-order valence-electron chi connectivity index (χ2n) is 4.57. The molecule has 1 rings (SSSR count). The number of hydrogen-bond donors (Lipinski definition) is 2. The Bertz CT molecular complexity index is 440. The van der Waals surface area contributed by atoms with Gasteiger partial charge in [0, 0.05) is 11.2 Å². The molecule has 100 valence electrons. The van der Waals surface area contributed by atoms with E-state index in [1.54, 1.807) is 0 Å². The van der Waals surface area contributed by atoms with Gasteiger partial charge in [-0.1, -0.05) is 43.9 Å². The van der Waals surface area contributed by atoms with Crippen LogP contribution in [-0.4, -0.2) is 32.9 Å². The molecule has 0 spiro atoms. The molecule has 0 aliphatic carbocycles. The average Bonchev–Trinajstić information content (AvgIpc) is 2.63. The van der Waals surface area contributed by atoms with Crippen LogP contribution in [0.3, 0.4) is 0 Å². The third-order valence-corrected chi connectivity index (χ3v) is 3.82. The number of amides is 1. The third kappa shape index (κ3) is 5.01. The number of aliphatic carboxylic acids is 1. The quantitative estimate of drug-likeness (QED) is 0.637. The molecule has 0 fully saturated rings. The van der Waals surface area contributed by atoms with Crippen LogP contribution in [0.5, 0.6) is 0 Å². The van der Waals surface area contributed by atoms with Crippen LogP contribution in [0, 0.1) is 5.41 Å². The number of carboxylic acid groups (broad SMARTS) is 1. The summed E-state index contributed by atoms with van der Waals surface area (Å²) >= 11 is 2.56. The summed E-state index contributed by atoms with van der Waals surface area (Å²) in [5.74, 6) is -0.522. The number of carboxylic acids is 1. The summed E-state index contributed by atoms with van der Waals surface area (Å²) in [5.41, 5.74) is -0.484. The molecule has 0 saturated heterocycles. The summed E-state index contributed by atoms with van der Waals surface area (Å²) in [6.07, 6.45) is 0.0773. The third-order valence-electron chi connectivity index (χ3n) is 1.85. The fourth-order valence-electron chi connectivity index (χ4n) is 0.829. The first-order valence-electron chi connectivity index (χ1n) is 5.28. The first-order chi connectivity index (χ1) is 8.29. The Balaban J connectivity index is 2.48. The Kier molecular flexibility index (Phi) is 5.09. The van der Waals surface area contributed by atoms with Crippen molar-refractivity contribution in [3.05, 3.63) is 0 Å². The number of nitrogens with one attached hydrogen (secondary N) is 1. The minimum Gasteiger partial charge on any atom is -0.481 e. The fourth-order valence-corrected chi connectivity index (χ4v) is 2.57. The lowest BCUT2D eigenvalue weighted by Crippen LogP contribution is -2.27. The molecule has 18 heavy (non-hydrogen) atoms. The van der Waals surface area contributed by atoms with E-state index in [4.69, 9.17) is 5.11 Å². The highest BCUT2D eigenvalue weighted by Gasteiger charge is 2.22. The smallest absolute Gasteiger partial charge is 0.304 e. The number of rotatable bonds is 5. The van der Waals surface area contributed by atoms with Crippen LogP contribution in [0.25, 0.3) is 0 Å². The summed E-state index contributed by atoms with van der Waals surface area (Å²) in [5, 5.41) is 19.3. The molecule has 0 aromatic carbocycles. The lowest BCUT2D eigenvalue weighted by atomic mass is 9.96. The molecule has 0 aliphatic rings. The minimum absolute atomic E-state index is 0.0773. The zero-order valence-corrected chi connectivity index (χ0v) is 12.0. The Morgan fingerprint density at radius 3 is 2.61 bits per heavy atom. The Morgan fingerprint density at radius 1 is 1.39 bits per heavy atom. The van der Waals surface area contributed by atoms with E-state index in [1.165, 1.54) is 23.1 Å².